The average Bonchev–Trinajstić information content (AvgIpc) is 2.47. The lowest BCUT2D eigenvalue weighted by Crippen LogP contribution is -2.04. The molecule has 0 saturated heterocycles. The molecular formula is C16H12O5. The summed E-state index contributed by atoms with van der Waals surface area (Å²) in [5.74, 6) is 0.301. The molecule has 0 fully saturated rings. The third-order valence-corrected chi connectivity index (χ3v) is 3.25. The Morgan fingerprint density at radius 1 is 1.14 bits per heavy atom. The topological polar surface area (TPSA) is 79.9 Å². The van der Waals surface area contributed by atoms with Crippen LogP contribution in [0.1, 0.15) is 0 Å². The third-order valence-electron chi connectivity index (χ3n) is 3.25. The second-order valence-electron chi connectivity index (χ2n) is 4.55. The van der Waals surface area contributed by atoms with Gasteiger partial charge in [0.05, 0.1) is 18.1 Å². The van der Waals surface area contributed by atoms with Crippen LogP contribution in [0.15, 0.2) is 51.9 Å². The van der Waals surface area contributed by atoms with Crippen molar-refractivity contribution in [2.24, 2.45) is 0 Å². The van der Waals surface area contributed by atoms with Crippen LogP contribution >= 0.6 is 0 Å². The third kappa shape index (κ3) is 2.18. The van der Waals surface area contributed by atoms with E-state index in [1.165, 1.54) is 37.6 Å². The Hall–Kier alpha value is -2.95. The van der Waals surface area contributed by atoms with Gasteiger partial charge in [-0.25, -0.2) is 0 Å². The number of fused-ring (bicyclic) bond motifs is 1. The van der Waals surface area contributed by atoms with Crippen LogP contribution in [0.25, 0.3) is 22.1 Å². The van der Waals surface area contributed by atoms with Gasteiger partial charge in [0.2, 0.25) is 0 Å². The Kier molecular flexibility index (Phi) is 3.02. The number of hydrogen-bond acceptors (Lipinski definition) is 5. The molecule has 0 amide bonds. The Morgan fingerprint density at radius 3 is 2.67 bits per heavy atom. The van der Waals surface area contributed by atoms with Gasteiger partial charge in [-0.1, -0.05) is 6.07 Å². The molecule has 0 aliphatic carbocycles. The van der Waals surface area contributed by atoms with Gasteiger partial charge in [0, 0.05) is 6.07 Å². The first-order chi connectivity index (χ1) is 10.1. The van der Waals surface area contributed by atoms with E-state index in [2.05, 4.69) is 0 Å². The molecule has 0 saturated carbocycles. The largest absolute Gasteiger partial charge is 0.508 e. The van der Waals surface area contributed by atoms with Crippen molar-refractivity contribution in [3.05, 3.63) is 52.9 Å². The number of rotatable bonds is 2. The monoisotopic (exact) mass is 286 g/mol. The summed E-state index contributed by atoms with van der Waals surface area (Å²) in [5, 5.41) is 19.6. The van der Waals surface area contributed by atoms with Crippen LogP contribution in [-0.2, 0) is 0 Å². The Balaban J connectivity index is 2.21. The molecule has 1 heterocycles. The van der Waals surface area contributed by atoms with E-state index >= 15 is 0 Å². The zero-order valence-electron chi connectivity index (χ0n) is 11.2. The highest BCUT2D eigenvalue weighted by molar-refractivity contribution is 5.82. The normalized spacial score (nSPS) is 10.7. The molecule has 21 heavy (non-hydrogen) atoms. The zero-order chi connectivity index (χ0) is 15.0. The molecular weight excluding hydrogens is 274 g/mol. The first-order valence-electron chi connectivity index (χ1n) is 6.22. The van der Waals surface area contributed by atoms with Crippen LogP contribution in [0, 0.1) is 0 Å². The van der Waals surface area contributed by atoms with E-state index in [9.17, 15) is 15.0 Å². The van der Waals surface area contributed by atoms with Crippen molar-refractivity contribution < 1.29 is 19.4 Å². The molecule has 3 aromatic rings. The molecule has 5 heteroatoms. The molecule has 5 nitrogen and oxygen atoms in total. The van der Waals surface area contributed by atoms with Crippen molar-refractivity contribution >= 4 is 11.0 Å². The van der Waals surface area contributed by atoms with Gasteiger partial charge in [0.25, 0.3) is 0 Å². The van der Waals surface area contributed by atoms with E-state index in [1.54, 1.807) is 12.1 Å². The Labute approximate surface area is 119 Å². The standard InChI is InChI=1S/C16H12O5/c1-20-14-5-2-9(6-13(14)18)12-8-21-15-7-10(17)3-4-11(15)16(12)19/h2-8,17-18H,1H3/i16+2. The SMILES string of the molecule is COc1ccc(-c2coc3cc(O)ccc3[14c]2=O)cc1O. The fourth-order valence-electron chi connectivity index (χ4n) is 2.17. The highest BCUT2D eigenvalue weighted by Gasteiger charge is 2.11. The molecule has 2 N–H and O–H groups in total. The van der Waals surface area contributed by atoms with Gasteiger partial charge >= 0.3 is 0 Å². The van der Waals surface area contributed by atoms with Gasteiger partial charge in [-0.3, -0.25) is 4.79 Å². The highest BCUT2D eigenvalue weighted by Crippen LogP contribution is 2.31. The van der Waals surface area contributed by atoms with Crippen LogP contribution in [0.3, 0.4) is 0 Å². The molecule has 0 aliphatic heterocycles. The number of phenolic OH excluding ortho intramolecular Hbond substituents is 2. The molecule has 0 bridgehead atoms. The van der Waals surface area contributed by atoms with Gasteiger partial charge < -0.3 is 19.4 Å². The second kappa shape index (κ2) is 4.86. The van der Waals surface area contributed by atoms with E-state index in [0.717, 1.165) is 0 Å². The fourth-order valence-corrected chi connectivity index (χ4v) is 2.17. The fraction of sp³-hybridized carbons (Fsp3) is 0.0625. The number of phenols is 2. The predicted octanol–water partition coefficient (Wildman–Crippen LogP) is 2.88. The van der Waals surface area contributed by atoms with Crippen LogP contribution in [0.4, 0.5) is 0 Å². The second-order valence-corrected chi connectivity index (χ2v) is 4.55. The highest BCUT2D eigenvalue weighted by atomic mass is 16.5. The maximum Gasteiger partial charge on any atom is 0.200 e. The number of aromatic hydroxyl groups is 2. The van der Waals surface area contributed by atoms with Crippen molar-refractivity contribution in [1.82, 2.24) is 0 Å². The minimum absolute atomic E-state index is 0.0282. The molecule has 0 unspecified atom stereocenters. The molecule has 0 spiro atoms. The first kappa shape index (κ1) is 13.1. The molecule has 1 aromatic heterocycles. The number of benzene rings is 2. The summed E-state index contributed by atoms with van der Waals surface area (Å²) in [6, 6.07) is 8.99. The van der Waals surface area contributed by atoms with E-state index in [4.69, 9.17) is 9.15 Å². The lowest BCUT2D eigenvalue weighted by molar-refractivity contribution is 0.373. The van der Waals surface area contributed by atoms with Crippen LogP contribution in [0.5, 0.6) is 17.2 Å². The van der Waals surface area contributed by atoms with Crippen molar-refractivity contribution in [3.8, 4) is 28.4 Å². The van der Waals surface area contributed by atoms with Crippen molar-refractivity contribution in [2.75, 3.05) is 7.11 Å². The van der Waals surface area contributed by atoms with Gasteiger partial charge in [0.15, 0.2) is 16.9 Å². The number of methoxy groups -OCH3 is 1. The van der Waals surface area contributed by atoms with Gasteiger partial charge in [-0.05, 0) is 29.8 Å². The maximum atomic E-state index is 12.5. The summed E-state index contributed by atoms with van der Waals surface area (Å²) in [5.41, 5.74) is 0.922. The van der Waals surface area contributed by atoms with Crippen molar-refractivity contribution in [2.45, 2.75) is 0 Å². The van der Waals surface area contributed by atoms with Gasteiger partial charge in [-0.2, -0.15) is 0 Å². The summed E-state index contributed by atoms with van der Waals surface area (Å²) < 4.78 is 10.4. The molecule has 3 rings (SSSR count). The van der Waals surface area contributed by atoms with Crippen molar-refractivity contribution in [1.29, 1.82) is 0 Å². The summed E-state index contributed by atoms with van der Waals surface area (Å²) in [7, 11) is 1.45. The minimum atomic E-state index is -0.235. The number of hydrogen-bond donors (Lipinski definition) is 2. The number of ether oxygens (including phenoxy) is 1. The quantitative estimate of drug-likeness (QED) is 0.757. The Bertz CT molecular complexity index is 879. The molecule has 2 aromatic carbocycles. The van der Waals surface area contributed by atoms with Crippen LogP contribution in [0.2, 0.25) is 0 Å². The van der Waals surface area contributed by atoms with E-state index in [1.807, 2.05) is 0 Å². The predicted molar refractivity (Wildman–Crippen MR) is 77.8 cm³/mol. The Morgan fingerprint density at radius 2 is 1.95 bits per heavy atom. The van der Waals surface area contributed by atoms with E-state index < -0.39 is 0 Å². The van der Waals surface area contributed by atoms with Crippen LogP contribution in [-0.4, -0.2) is 17.3 Å². The van der Waals surface area contributed by atoms with Crippen LogP contribution < -0.4 is 10.2 Å². The lowest BCUT2D eigenvalue weighted by Gasteiger charge is -2.06. The maximum absolute atomic E-state index is 12.5. The average molecular weight is 286 g/mol. The van der Waals surface area contributed by atoms with E-state index in [0.29, 0.717) is 27.8 Å². The lowest BCUT2D eigenvalue weighted by atomic mass is 10.1. The van der Waals surface area contributed by atoms with E-state index in [-0.39, 0.29) is 16.9 Å². The molecule has 0 atom stereocenters. The minimum Gasteiger partial charge on any atom is -0.508 e. The van der Waals surface area contributed by atoms with Crippen molar-refractivity contribution in [3.63, 3.8) is 0 Å². The molecule has 0 aliphatic rings. The molecule has 106 valence electrons. The summed E-state index contributed by atoms with van der Waals surface area (Å²) in [4.78, 5) is 12.5. The summed E-state index contributed by atoms with van der Waals surface area (Å²) >= 11 is 0. The van der Waals surface area contributed by atoms with Gasteiger partial charge in [0.1, 0.15) is 17.6 Å². The smallest absolute Gasteiger partial charge is 0.200 e. The zero-order valence-corrected chi connectivity index (χ0v) is 11.2. The van der Waals surface area contributed by atoms with Gasteiger partial charge in [-0.15, -0.1) is 0 Å². The summed E-state index contributed by atoms with van der Waals surface area (Å²) in [6.07, 6.45) is 1.31. The molecule has 0 radical (unpaired) electrons. The first-order valence-corrected chi connectivity index (χ1v) is 6.22. The summed E-state index contributed by atoms with van der Waals surface area (Å²) in [6.45, 7) is 0.